The van der Waals surface area contributed by atoms with Crippen LogP contribution < -0.4 is 4.74 Å². The Balaban J connectivity index is 1.88. The third-order valence-corrected chi connectivity index (χ3v) is 6.22. The van der Waals surface area contributed by atoms with Crippen LogP contribution in [-0.4, -0.2) is 31.0 Å². The highest BCUT2D eigenvalue weighted by molar-refractivity contribution is 9.13. The number of rotatable bonds is 5. The van der Waals surface area contributed by atoms with Crippen molar-refractivity contribution in [3.8, 4) is 5.75 Å². The van der Waals surface area contributed by atoms with E-state index in [-0.39, 0.29) is 5.91 Å². The molecular weight excluding hydrogens is 418 g/mol. The molecule has 2 rings (SSSR count). The Bertz CT molecular complexity index is 623. The Morgan fingerprint density at radius 3 is 2.67 bits per heavy atom. The van der Waals surface area contributed by atoms with Crippen LogP contribution in [0.2, 0.25) is 0 Å². The Hall–Kier alpha value is -0.850. The van der Waals surface area contributed by atoms with E-state index in [9.17, 15) is 4.79 Å². The molecule has 0 bridgehead atoms. The largest absolute Gasteiger partial charge is 0.491 e. The van der Waals surface area contributed by atoms with E-state index in [0.29, 0.717) is 18.0 Å². The molecule has 1 heterocycles. The van der Waals surface area contributed by atoms with Crippen LogP contribution in [-0.2, 0) is 0 Å². The van der Waals surface area contributed by atoms with Crippen molar-refractivity contribution in [3.63, 3.8) is 0 Å². The van der Waals surface area contributed by atoms with E-state index in [4.69, 9.17) is 4.74 Å². The lowest BCUT2D eigenvalue weighted by molar-refractivity contribution is 0.0778. The van der Waals surface area contributed by atoms with E-state index in [1.54, 1.807) is 11.9 Å². The van der Waals surface area contributed by atoms with Gasteiger partial charge in [0.05, 0.1) is 15.2 Å². The minimum atomic E-state index is -0.000200. The molecule has 0 fully saturated rings. The molecule has 112 valence electrons. The molecule has 0 N–H and O–H groups in total. The Morgan fingerprint density at radius 1 is 1.33 bits per heavy atom. The fourth-order valence-electron chi connectivity index (χ4n) is 1.75. The topological polar surface area (TPSA) is 29.5 Å². The van der Waals surface area contributed by atoms with Crippen LogP contribution in [0, 0.1) is 6.92 Å². The summed E-state index contributed by atoms with van der Waals surface area (Å²) in [6.07, 6.45) is 0. The van der Waals surface area contributed by atoms with Crippen molar-refractivity contribution in [2.24, 2.45) is 0 Å². The zero-order chi connectivity index (χ0) is 15.4. The Morgan fingerprint density at radius 2 is 2.05 bits per heavy atom. The molecule has 0 radical (unpaired) electrons. The van der Waals surface area contributed by atoms with Crippen molar-refractivity contribution in [1.82, 2.24) is 4.90 Å². The van der Waals surface area contributed by atoms with Gasteiger partial charge in [-0.15, -0.1) is 11.3 Å². The molecule has 21 heavy (non-hydrogen) atoms. The lowest BCUT2D eigenvalue weighted by Crippen LogP contribution is -2.30. The number of carbonyl (C=O) groups is 1. The van der Waals surface area contributed by atoms with Gasteiger partial charge in [-0.2, -0.15) is 0 Å². The van der Waals surface area contributed by atoms with Gasteiger partial charge in [-0.1, -0.05) is 18.2 Å². The first-order valence-electron chi connectivity index (χ1n) is 6.37. The summed E-state index contributed by atoms with van der Waals surface area (Å²) in [5.74, 6) is 0.861. The van der Waals surface area contributed by atoms with Gasteiger partial charge < -0.3 is 9.64 Å². The van der Waals surface area contributed by atoms with Gasteiger partial charge in [-0.25, -0.2) is 0 Å². The van der Waals surface area contributed by atoms with Crippen molar-refractivity contribution in [3.05, 3.63) is 49.0 Å². The molecular formula is C15H15Br2NO2S. The molecule has 0 aliphatic rings. The first kappa shape index (κ1) is 16.5. The average Bonchev–Trinajstić information content (AvgIpc) is 2.80. The van der Waals surface area contributed by atoms with Gasteiger partial charge >= 0.3 is 0 Å². The van der Waals surface area contributed by atoms with Gasteiger partial charge in [0.2, 0.25) is 0 Å². The van der Waals surface area contributed by atoms with Crippen LogP contribution in [0.3, 0.4) is 0 Å². The molecule has 1 aromatic heterocycles. The molecule has 0 atom stereocenters. The SMILES string of the molecule is Cc1ccccc1OCCN(C)C(=O)c1cc(Br)c(Br)s1. The number of ether oxygens (including phenoxy) is 1. The highest BCUT2D eigenvalue weighted by Crippen LogP contribution is 2.32. The molecule has 1 aromatic carbocycles. The predicted octanol–water partition coefficient (Wildman–Crippen LogP) is 4.73. The molecule has 0 aliphatic heterocycles. The summed E-state index contributed by atoms with van der Waals surface area (Å²) in [5.41, 5.74) is 1.09. The van der Waals surface area contributed by atoms with Crippen LogP contribution in [0.25, 0.3) is 0 Å². The van der Waals surface area contributed by atoms with Crippen molar-refractivity contribution < 1.29 is 9.53 Å². The zero-order valence-corrected chi connectivity index (χ0v) is 15.7. The van der Waals surface area contributed by atoms with Gasteiger partial charge in [0.1, 0.15) is 12.4 Å². The zero-order valence-electron chi connectivity index (χ0n) is 11.7. The predicted molar refractivity (Wildman–Crippen MR) is 93.4 cm³/mol. The summed E-state index contributed by atoms with van der Waals surface area (Å²) < 4.78 is 7.54. The van der Waals surface area contributed by atoms with Gasteiger partial charge in [0.25, 0.3) is 5.91 Å². The number of benzene rings is 1. The second kappa shape index (κ2) is 7.42. The number of para-hydroxylation sites is 1. The highest BCUT2D eigenvalue weighted by atomic mass is 79.9. The van der Waals surface area contributed by atoms with Crippen LogP contribution in [0.1, 0.15) is 15.2 Å². The van der Waals surface area contributed by atoms with Gasteiger partial charge in [0.15, 0.2) is 0 Å². The van der Waals surface area contributed by atoms with E-state index >= 15 is 0 Å². The molecule has 6 heteroatoms. The summed E-state index contributed by atoms with van der Waals surface area (Å²) in [6.45, 7) is 3.02. The van der Waals surface area contributed by atoms with E-state index in [0.717, 1.165) is 19.6 Å². The second-order valence-corrected chi connectivity index (χ2v) is 7.80. The molecule has 0 saturated carbocycles. The molecule has 2 aromatic rings. The molecule has 0 unspecified atom stereocenters. The fraction of sp³-hybridized carbons (Fsp3) is 0.267. The minimum Gasteiger partial charge on any atom is -0.491 e. The van der Waals surface area contributed by atoms with E-state index < -0.39 is 0 Å². The third kappa shape index (κ3) is 4.31. The monoisotopic (exact) mass is 431 g/mol. The lowest BCUT2D eigenvalue weighted by atomic mass is 10.2. The quantitative estimate of drug-likeness (QED) is 0.683. The third-order valence-electron chi connectivity index (χ3n) is 2.98. The maximum absolute atomic E-state index is 12.3. The molecule has 0 spiro atoms. The van der Waals surface area contributed by atoms with Crippen LogP contribution >= 0.6 is 43.2 Å². The summed E-state index contributed by atoms with van der Waals surface area (Å²) in [6, 6.07) is 9.69. The van der Waals surface area contributed by atoms with Gasteiger partial charge in [-0.3, -0.25) is 4.79 Å². The summed E-state index contributed by atoms with van der Waals surface area (Å²) in [7, 11) is 1.78. The number of thiophene rings is 1. The number of aryl methyl sites for hydroxylation is 1. The van der Waals surface area contributed by atoms with Crippen molar-refractivity contribution in [2.45, 2.75) is 6.92 Å². The van der Waals surface area contributed by atoms with Crippen molar-refractivity contribution >= 4 is 49.1 Å². The summed E-state index contributed by atoms with van der Waals surface area (Å²) in [4.78, 5) is 14.6. The average molecular weight is 433 g/mol. The smallest absolute Gasteiger partial charge is 0.263 e. The minimum absolute atomic E-state index is 0.000200. The van der Waals surface area contributed by atoms with E-state index in [2.05, 4.69) is 31.9 Å². The Labute approximate surface area is 145 Å². The summed E-state index contributed by atoms with van der Waals surface area (Å²) in [5, 5.41) is 0. The highest BCUT2D eigenvalue weighted by Gasteiger charge is 2.16. The summed E-state index contributed by atoms with van der Waals surface area (Å²) >= 11 is 8.21. The number of halogens is 2. The molecule has 3 nitrogen and oxygen atoms in total. The van der Waals surface area contributed by atoms with E-state index in [1.807, 2.05) is 37.3 Å². The van der Waals surface area contributed by atoms with E-state index in [1.165, 1.54) is 11.3 Å². The first-order chi connectivity index (χ1) is 9.99. The number of nitrogens with zero attached hydrogens (tertiary/aromatic N) is 1. The second-order valence-electron chi connectivity index (χ2n) is 4.57. The van der Waals surface area contributed by atoms with Crippen LogP contribution in [0.15, 0.2) is 38.6 Å². The van der Waals surface area contributed by atoms with Crippen LogP contribution in [0.4, 0.5) is 0 Å². The number of hydrogen-bond donors (Lipinski definition) is 0. The van der Waals surface area contributed by atoms with Crippen LogP contribution in [0.5, 0.6) is 5.75 Å². The maximum atomic E-state index is 12.3. The molecule has 0 aliphatic carbocycles. The molecule has 1 amide bonds. The fourth-order valence-corrected chi connectivity index (χ4v) is 3.78. The number of hydrogen-bond acceptors (Lipinski definition) is 3. The van der Waals surface area contributed by atoms with Gasteiger partial charge in [0, 0.05) is 11.5 Å². The Kier molecular flexibility index (Phi) is 5.84. The number of likely N-dealkylation sites (N-methyl/N-ethyl adjacent to an activating group) is 1. The van der Waals surface area contributed by atoms with Crippen molar-refractivity contribution in [1.29, 1.82) is 0 Å². The normalized spacial score (nSPS) is 10.5. The lowest BCUT2D eigenvalue weighted by Gasteiger charge is -2.17. The first-order valence-corrected chi connectivity index (χ1v) is 8.78. The number of carbonyl (C=O) groups excluding carboxylic acids is 1. The standard InChI is InChI=1S/C15H15Br2NO2S/c1-10-5-3-4-6-12(10)20-8-7-18(2)15(19)13-9-11(16)14(17)21-13/h3-6,9H,7-8H2,1-2H3. The number of amides is 1. The maximum Gasteiger partial charge on any atom is 0.263 e. The molecule has 0 saturated heterocycles. The van der Waals surface area contributed by atoms with Gasteiger partial charge in [-0.05, 0) is 56.5 Å². The van der Waals surface area contributed by atoms with Crippen molar-refractivity contribution in [2.75, 3.05) is 20.2 Å².